The van der Waals surface area contributed by atoms with E-state index in [1.807, 2.05) is 45.2 Å². The van der Waals surface area contributed by atoms with Crippen molar-refractivity contribution in [3.63, 3.8) is 0 Å². The van der Waals surface area contributed by atoms with E-state index in [-0.39, 0.29) is 11.9 Å². The van der Waals surface area contributed by atoms with E-state index in [4.69, 9.17) is 23.8 Å². The molecule has 0 spiro atoms. The molecule has 0 aliphatic carbocycles. The van der Waals surface area contributed by atoms with Gasteiger partial charge in [-0.2, -0.15) is 0 Å². The Bertz CT molecular complexity index is 796. The number of anilines is 2. The average molecular weight is 411 g/mol. The van der Waals surface area contributed by atoms with Crippen LogP contribution in [0.2, 0.25) is 5.02 Å². The molecule has 2 aromatic rings. The Morgan fingerprint density at radius 3 is 2.65 bits per heavy atom. The first-order chi connectivity index (χ1) is 12.2. The molecule has 1 aromatic heterocycles. The number of amides is 1. The van der Waals surface area contributed by atoms with Gasteiger partial charge in [-0.1, -0.05) is 17.7 Å². The van der Waals surface area contributed by atoms with E-state index in [0.29, 0.717) is 27.5 Å². The molecule has 8 heteroatoms. The molecule has 0 saturated carbocycles. The third-order valence-corrected chi connectivity index (χ3v) is 4.94. The molecule has 1 heterocycles. The van der Waals surface area contributed by atoms with Crippen LogP contribution in [0.5, 0.6) is 0 Å². The molecular weight excluding hydrogens is 388 g/mol. The highest BCUT2D eigenvalue weighted by molar-refractivity contribution is 7.80. The van der Waals surface area contributed by atoms with Crippen molar-refractivity contribution >= 4 is 57.0 Å². The van der Waals surface area contributed by atoms with Crippen molar-refractivity contribution in [2.45, 2.75) is 47.2 Å². The maximum atomic E-state index is 12.3. The lowest BCUT2D eigenvalue weighted by molar-refractivity contribution is -0.115. The molecule has 0 unspecified atom stereocenters. The number of nitrogens with one attached hydrogen (secondary N) is 2. The maximum Gasteiger partial charge on any atom is 0.230 e. The zero-order valence-corrected chi connectivity index (χ0v) is 17.9. The van der Waals surface area contributed by atoms with Gasteiger partial charge in [0.2, 0.25) is 5.91 Å². The van der Waals surface area contributed by atoms with Gasteiger partial charge in [0.1, 0.15) is 0 Å². The number of rotatable bonds is 5. The molecule has 0 atom stereocenters. The Kier molecular flexibility index (Phi) is 6.97. The lowest BCUT2D eigenvalue weighted by atomic mass is 10.1. The normalized spacial score (nSPS) is 10.7. The van der Waals surface area contributed by atoms with Gasteiger partial charge in [-0.15, -0.1) is 11.3 Å². The van der Waals surface area contributed by atoms with Crippen LogP contribution < -0.4 is 15.5 Å². The summed E-state index contributed by atoms with van der Waals surface area (Å²) in [5.74, 6) is -0.135. The monoisotopic (exact) mass is 410 g/mol. The minimum absolute atomic E-state index is 0.135. The molecule has 0 saturated heterocycles. The molecule has 26 heavy (non-hydrogen) atoms. The molecule has 0 aliphatic heterocycles. The van der Waals surface area contributed by atoms with Crippen molar-refractivity contribution in [3.8, 4) is 0 Å². The molecule has 1 amide bonds. The highest BCUT2D eigenvalue weighted by atomic mass is 35.5. The number of hydrogen-bond acceptors (Lipinski definition) is 4. The van der Waals surface area contributed by atoms with Crippen molar-refractivity contribution in [1.29, 1.82) is 0 Å². The molecule has 0 bridgehead atoms. The summed E-state index contributed by atoms with van der Waals surface area (Å²) in [6.07, 6.45) is 0. The van der Waals surface area contributed by atoms with E-state index < -0.39 is 0 Å². The third-order valence-electron chi connectivity index (χ3n) is 3.52. The van der Waals surface area contributed by atoms with Crippen molar-refractivity contribution in [2.75, 3.05) is 4.90 Å². The second-order valence-corrected chi connectivity index (χ2v) is 8.02. The van der Waals surface area contributed by atoms with Crippen LogP contribution >= 0.6 is 35.2 Å². The Hall–Kier alpha value is -1.70. The van der Waals surface area contributed by atoms with Crippen LogP contribution in [0, 0.1) is 13.8 Å². The summed E-state index contributed by atoms with van der Waals surface area (Å²) in [6, 6.07) is 4.12. The van der Waals surface area contributed by atoms with Gasteiger partial charge in [-0.05, 0) is 57.1 Å². The molecule has 0 fully saturated rings. The highest BCUT2D eigenvalue weighted by Crippen LogP contribution is 2.37. The van der Waals surface area contributed by atoms with Gasteiger partial charge in [0.05, 0.1) is 22.9 Å². The zero-order chi connectivity index (χ0) is 19.4. The van der Waals surface area contributed by atoms with E-state index in [9.17, 15) is 4.79 Å². The lowest BCUT2D eigenvalue weighted by Gasteiger charge is -2.22. The topological polar surface area (TPSA) is 57.3 Å². The molecule has 0 aliphatic rings. The number of carbonyl (C=O) groups excluding carboxylic acids is 1. The van der Waals surface area contributed by atoms with Gasteiger partial charge in [0.25, 0.3) is 0 Å². The molecule has 0 radical (unpaired) electrons. The summed E-state index contributed by atoms with van der Waals surface area (Å²) >= 11 is 13.1. The van der Waals surface area contributed by atoms with E-state index >= 15 is 0 Å². The molecule has 1 aromatic carbocycles. The predicted molar refractivity (Wildman–Crippen MR) is 114 cm³/mol. The summed E-state index contributed by atoms with van der Waals surface area (Å²) in [7, 11) is 0. The summed E-state index contributed by atoms with van der Waals surface area (Å²) in [4.78, 5) is 18.5. The molecule has 5 nitrogen and oxygen atoms in total. The van der Waals surface area contributed by atoms with Crippen LogP contribution in [0.25, 0.3) is 0 Å². The Morgan fingerprint density at radius 1 is 1.38 bits per heavy atom. The largest absolute Gasteiger partial charge is 0.361 e. The standard InChI is InChI=1S/C18H23ClN4OS2/c1-10(2)21-17(25)20-8-14-9-26-18(22-14)23(13(5)24)16-12(4)6-11(3)7-15(16)19/h6-7,9-10H,8H2,1-5H3,(H2,20,21,25). The van der Waals surface area contributed by atoms with Crippen molar-refractivity contribution in [3.05, 3.63) is 39.4 Å². The second kappa shape index (κ2) is 8.79. The van der Waals surface area contributed by atoms with Crippen LogP contribution in [0.4, 0.5) is 10.8 Å². The first kappa shape index (κ1) is 20.6. The fraction of sp³-hybridized carbons (Fsp3) is 0.389. The first-order valence-corrected chi connectivity index (χ1v) is 9.91. The zero-order valence-electron chi connectivity index (χ0n) is 15.5. The predicted octanol–water partition coefficient (Wildman–Crippen LogP) is 4.47. The smallest absolute Gasteiger partial charge is 0.230 e. The Balaban J connectivity index is 2.24. The number of benzene rings is 1. The van der Waals surface area contributed by atoms with E-state index in [2.05, 4.69) is 15.6 Å². The number of hydrogen-bond donors (Lipinski definition) is 2. The van der Waals surface area contributed by atoms with Crippen molar-refractivity contribution in [1.82, 2.24) is 15.6 Å². The Labute approximate surface area is 168 Å². The highest BCUT2D eigenvalue weighted by Gasteiger charge is 2.22. The fourth-order valence-electron chi connectivity index (χ4n) is 2.54. The average Bonchev–Trinajstić information content (AvgIpc) is 2.95. The number of aryl methyl sites for hydroxylation is 2. The quantitative estimate of drug-likeness (QED) is 0.712. The van der Waals surface area contributed by atoms with Gasteiger partial charge in [-0.25, -0.2) is 4.98 Å². The van der Waals surface area contributed by atoms with Gasteiger partial charge in [0, 0.05) is 18.3 Å². The summed E-state index contributed by atoms with van der Waals surface area (Å²) in [5, 5.41) is 9.85. The summed E-state index contributed by atoms with van der Waals surface area (Å²) in [5.41, 5.74) is 3.47. The van der Waals surface area contributed by atoms with Crippen molar-refractivity contribution in [2.24, 2.45) is 0 Å². The van der Waals surface area contributed by atoms with E-state index in [1.165, 1.54) is 18.3 Å². The maximum absolute atomic E-state index is 12.3. The number of thiazole rings is 1. The second-order valence-electron chi connectivity index (χ2n) is 6.37. The number of halogens is 1. The molecular formula is C18H23ClN4OS2. The SMILES string of the molecule is CC(=O)N(c1nc(CNC(=S)NC(C)C)cs1)c1c(C)cc(C)cc1Cl. The van der Waals surface area contributed by atoms with Crippen LogP contribution in [-0.4, -0.2) is 22.0 Å². The minimum Gasteiger partial charge on any atom is -0.361 e. The molecule has 2 N–H and O–H groups in total. The number of nitrogens with zero attached hydrogens (tertiary/aromatic N) is 2. The first-order valence-electron chi connectivity index (χ1n) is 8.25. The van der Waals surface area contributed by atoms with E-state index in [1.54, 1.807) is 4.90 Å². The van der Waals surface area contributed by atoms with Gasteiger partial charge >= 0.3 is 0 Å². The molecule has 2 rings (SSSR count). The number of thiocarbonyl (C=S) groups is 1. The number of carbonyl (C=O) groups is 1. The lowest BCUT2D eigenvalue weighted by Crippen LogP contribution is -2.38. The van der Waals surface area contributed by atoms with Crippen LogP contribution in [-0.2, 0) is 11.3 Å². The fourth-order valence-corrected chi connectivity index (χ4v) is 4.13. The number of aromatic nitrogens is 1. The van der Waals surface area contributed by atoms with Gasteiger partial charge in [-0.3, -0.25) is 9.69 Å². The van der Waals surface area contributed by atoms with Gasteiger partial charge in [0.15, 0.2) is 10.2 Å². The molecule has 140 valence electrons. The third kappa shape index (κ3) is 5.16. The summed E-state index contributed by atoms with van der Waals surface area (Å²) in [6.45, 7) is 9.96. The van der Waals surface area contributed by atoms with Crippen LogP contribution in [0.3, 0.4) is 0 Å². The van der Waals surface area contributed by atoms with Gasteiger partial charge < -0.3 is 10.6 Å². The summed E-state index contributed by atoms with van der Waals surface area (Å²) < 4.78 is 0. The Morgan fingerprint density at radius 2 is 2.08 bits per heavy atom. The van der Waals surface area contributed by atoms with E-state index in [0.717, 1.165) is 16.8 Å². The van der Waals surface area contributed by atoms with Crippen LogP contribution in [0.1, 0.15) is 37.6 Å². The van der Waals surface area contributed by atoms with Crippen LogP contribution in [0.15, 0.2) is 17.5 Å². The van der Waals surface area contributed by atoms with Crippen molar-refractivity contribution < 1.29 is 4.79 Å². The minimum atomic E-state index is -0.135.